The second-order valence-corrected chi connectivity index (χ2v) is 8.46. The molecule has 116 valence electrons. The standard InChI is InChI=1S/C15H14Cl2N2O2S/c16-13-8-18-15(17)19-14(13)7-10-2-1-3-11(6-10)9-22(20,21)12-4-5-12/h1-3,6,8,12H,4-5,7,9H2. The molecule has 0 spiro atoms. The lowest BCUT2D eigenvalue weighted by Crippen LogP contribution is -2.10. The number of nitrogens with zero attached hydrogens (tertiary/aromatic N) is 2. The highest BCUT2D eigenvalue weighted by Crippen LogP contribution is 2.31. The number of aromatic nitrogens is 2. The van der Waals surface area contributed by atoms with Gasteiger partial charge in [-0.3, -0.25) is 0 Å². The van der Waals surface area contributed by atoms with E-state index in [9.17, 15) is 8.42 Å². The van der Waals surface area contributed by atoms with Crippen molar-refractivity contribution in [2.45, 2.75) is 30.3 Å². The van der Waals surface area contributed by atoms with Crippen molar-refractivity contribution >= 4 is 33.0 Å². The molecule has 7 heteroatoms. The van der Waals surface area contributed by atoms with Crippen molar-refractivity contribution in [2.75, 3.05) is 0 Å². The van der Waals surface area contributed by atoms with E-state index in [0.29, 0.717) is 17.1 Å². The van der Waals surface area contributed by atoms with Gasteiger partial charge in [-0.15, -0.1) is 0 Å². The smallest absolute Gasteiger partial charge is 0.222 e. The Morgan fingerprint density at radius 3 is 2.64 bits per heavy atom. The molecule has 1 aromatic heterocycles. The monoisotopic (exact) mass is 356 g/mol. The van der Waals surface area contributed by atoms with Gasteiger partial charge in [-0.25, -0.2) is 18.4 Å². The molecule has 0 radical (unpaired) electrons. The molecule has 1 heterocycles. The maximum Gasteiger partial charge on any atom is 0.222 e. The number of benzene rings is 1. The van der Waals surface area contributed by atoms with Gasteiger partial charge in [-0.2, -0.15) is 0 Å². The Morgan fingerprint density at radius 1 is 1.18 bits per heavy atom. The van der Waals surface area contributed by atoms with Crippen molar-refractivity contribution in [2.24, 2.45) is 0 Å². The Labute approximate surface area is 139 Å². The Morgan fingerprint density at radius 2 is 1.91 bits per heavy atom. The molecule has 1 aliphatic carbocycles. The van der Waals surface area contributed by atoms with Gasteiger partial charge in [0.25, 0.3) is 0 Å². The first-order chi connectivity index (χ1) is 10.4. The largest absolute Gasteiger partial charge is 0.228 e. The lowest BCUT2D eigenvalue weighted by atomic mass is 10.1. The van der Waals surface area contributed by atoms with E-state index in [1.54, 1.807) is 0 Å². The van der Waals surface area contributed by atoms with E-state index in [1.807, 2.05) is 24.3 Å². The molecule has 0 N–H and O–H groups in total. The van der Waals surface area contributed by atoms with Gasteiger partial charge in [0.05, 0.1) is 27.9 Å². The third kappa shape index (κ3) is 3.77. The third-order valence-electron chi connectivity index (χ3n) is 3.55. The summed E-state index contributed by atoms with van der Waals surface area (Å²) < 4.78 is 24.1. The maximum atomic E-state index is 12.1. The van der Waals surface area contributed by atoms with E-state index in [0.717, 1.165) is 24.0 Å². The fourth-order valence-electron chi connectivity index (χ4n) is 2.30. The van der Waals surface area contributed by atoms with E-state index in [-0.39, 0.29) is 16.3 Å². The molecule has 0 saturated heterocycles. The highest BCUT2D eigenvalue weighted by atomic mass is 35.5. The summed E-state index contributed by atoms with van der Waals surface area (Å²) in [6.45, 7) is 0. The van der Waals surface area contributed by atoms with Gasteiger partial charge < -0.3 is 0 Å². The van der Waals surface area contributed by atoms with Crippen LogP contribution in [-0.4, -0.2) is 23.6 Å². The van der Waals surface area contributed by atoms with Crippen molar-refractivity contribution in [1.29, 1.82) is 0 Å². The minimum atomic E-state index is -3.02. The predicted molar refractivity (Wildman–Crippen MR) is 86.9 cm³/mol. The molecule has 0 atom stereocenters. The summed E-state index contributed by atoms with van der Waals surface area (Å²) in [6, 6.07) is 7.48. The topological polar surface area (TPSA) is 59.9 Å². The fraction of sp³-hybridized carbons (Fsp3) is 0.333. The Kier molecular flexibility index (Phi) is 4.39. The lowest BCUT2D eigenvalue weighted by molar-refractivity contribution is 0.594. The zero-order valence-corrected chi connectivity index (χ0v) is 14.0. The summed E-state index contributed by atoms with van der Waals surface area (Å²) in [4.78, 5) is 7.93. The van der Waals surface area contributed by atoms with Crippen molar-refractivity contribution in [3.8, 4) is 0 Å². The maximum absolute atomic E-state index is 12.1. The van der Waals surface area contributed by atoms with Crippen LogP contribution in [0.4, 0.5) is 0 Å². The third-order valence-corrected chi connectivity index (χ3v) is 6.27. The quantitative estimate of drug-likeness (QED) is 0.769. The molecule has 1 aliphatic rings. The predicted octanol–water partition coefficient (Wildman–Crippen LogP) is 3.45. The van der Waals surface area contributed by atoms with Crippen LogP contribution in [-0.2, 0) is 22.0 Å². The molecule has 1 saturated carbocycles. The van der Waals surface area contributed by atoms with Gasteiger partial charge in [-0.1, -0.05) is 35.9 Å². The van der Waals surface area contributed by atoms with Crippen LogP contribution < -0.4 is 0 Å². The minimum Gasteiger partial charge on any atom is -0.228 e. The molecule has 0 unspecified atom stereocenters. The Hall–Kier alpha value is -1.17. The molecule has 1 aromatic carbocycles. The number of sulfone groups is 1. The summed E-state index contributed by atoms with van der Waals surface area (Å²) in [7, 11) is -3.02. The van der Waals surface area contributed by atoms with Crippen LogP contribution in [0.1, 0.15) is 29.7 Å². The Balaban J connectivity index is 1.80. The van der Waals surface area contributed by atoms with Crippen LogP contribution in [0, 0.1) is 0 Å². The molecule has 0 bridgehead atoms. The van der Waals surface area contributed by atoms with Crippen molar-refractivity contribution in [3.05, 3.63) is 57.6 Å². The molecular formula is C15H14Cl2N2O2S. The van der Waals surface area contributed by atoms with Crippen LogP contribution in [0.3, 0.4) is 0 Å². The molecule has 0 amide bonds. The number of halogens is 2. The van der Waals surface area contributed by atoms with Gasteiger partial charge in [0.1, 0.15) is 0 Å². The molecule has 0 aliphatic heterocycles. The van der Waals surface area contributed by atoms with E-state index in [4.69, 9.17) is 23.2 Å². The lowest BCUT2D eigenvalue weighted by Gasteiger charge is -2.07. The molecule has 2 aromatic rings. The van der Waals surface area contributed by atoms with Crippen LogP contribution in [0.15, 0.2) is 30.5 Å². The number of hydrogen-bond donors (Lipinski definition) is 0. The number of hydrogen-bond acceptors (Lipinski definition) is 4. The second kappa shape index (κ2) is 6.14. The summed E-state index contributed by atoms with van der Waals surface area (Å²) in [5.41, 5.74) is 2.37. The first-order valence-corrected chi connectivity index (χ1v) is 9.37. The van der Waals surface area contributed by atoms with Crippen molar-refractivity contribution < 1.29 is 8.42 Å². The highest BCUT2D eigenvalue weighted by Gasteiger charge is 2.35. The molecule has 22 heavy (non-hydrogen) atoms. The molecule has 1 fully saturated rings. The van der Waals surface area contributed by atoms with Crippen LogP contribution in [0.5, 0.6) is 0 Å². The minimum absolute atomic E-state index is 0.0871. The van der Waals surface area contributed by atoms with Gasteiger partial charge in [0.15, 0.2) is 9.84 Å². The average Bonchev–Trinajstić information content (AvgIpc) is 3.28. The summed E-state index contributed by atoms with van der Waals surface area (Å²) in [5.74, 6) is 0.0871. The number of rotatable bonds is 5. The van der Waals surface area contributed by atoms with Crippen LogP contribution in [0.25, 0.3) is 0 Å². The van der Waals surface area contributed by atoms with Crippen LogP contribution in [0.2, 0.25) is 10.3 Å². The zero-order chi connectivity index (χ0) is 15.7. The molecule has 3 rings (SSSR count). The fourth-order valence-corrected chi connectivity index (χ4v) is 4.34. The molecule has 4 nitrogen and oxygen atoms in total. The van der Waals surface area contributed by atoms with Crippen molar-refractivity contribution in [3.63, 3.8) is 0 Å². The highest BCUT2D eigenvalue weighted by molar-refractivity contribution is 7.91. The normalized spacial score (nSPS) is 15.0. The van der Waals surface area contributed by atoms with Gasteiger partial charge in [0.2, 0.25) is 5.28 Å². The first-order valence-electron chi connectivity index (χ1n) is 6.90. The summed E-state index contributed by atoms with van der Waals surface area (Å²) in [6.07, 6.45) is 3.53. The molecular weight excluding hydrogens is 343 g/mol. The van der Waals surface area contributed by atoms with Gasteiger partial charge in [0, 0.05) is 6.42 Å². The average molecular weight is 357 g/mol. The van der Waals surface area contributed by atoms with Crippen molar-refractivity contribution in [1.82, 2.24) is 9.97 Å². The van der Waals surface area contributed by atoms with Crippen LogP contribution >= 0.6 is 23.2 Å². The van der Waals surface area contributed by atoms with E-state index in [2.05, 4.69) is 9.97 Å². The Bertz CT molecular complexity index is 805. The van der Waals surface area contributed by atoms with Gasteiger partial charge >= 0.3 is 0 Å². The van der Waals surface area contributed by atoms with E-state index < -0.39 is 9.84 Å². The summed E-state index contributed by atoms with van der Waals surface area (Å²) >= 11 is 11.8. The SMILES string of the molecule is O=S(=O)(Cc1cccc(Cc2nc(Cl)ncc2Cl)c1)C1CC1. The second-order valence-electron chi connectivity index (χ2n) is 5.44. The van der Waals surface area contributed by atoms with E-state index >= 15 is 0 Å². The summed E-state index contributed by atoms with van der Waals surface area (Å²) in [5, 5.41) is 0.443. The van der Waals surface area contributed by atoms with E-state index in [1.165, 1.54) is 6.20 Å². The van der Waals surface area contributed by atoms with Gasteiger partial charge in [-0.05, 0) is 35.6 Å². The first kappa shape index (κ1) is 15.7. The zero-order valence-electron chi connectivity index (χ0n) is 11.7.